The molecule has 0 radical (unpaired) electrons. The van der Waals surface area contributed by atoms with Crippen molar-refractivity contribution in [3.05, 3.63) is 35.5 Å². The van der Waals surface area contributed by atoms with E-state index in [1.54, 1.807) is 0 Å². The Balaban J connectivity index is 1.58. The van der Waals surface area contributed by atoms with Gasteiger partial charge in [-0.1, -0.05) is 0 Å². The zero-order valence-electron chi connectivity index (χ0n) is 14.5. The number of nitrogens with zero attached hydrogens (tertiary/aromatic N) is 4. The van der Waals surface area contributed by atoms with Crippen LogP contribution in [0.1, 0.15) is 24.5 Å². The Morgan fingerprint density at radius 2 is 1.89 bits per heavy atom. The van der Waals surface area contributed by atoms with E-state index in [9.17, 15) is 31.1 Å². The number of allylic oxidation sites excluding steroid dienone is 4. The van der Waals surface area contributed by atoms with E-state index >= 15 is 0 Å². The largest absolute Gasteiger partial charge is 0.451 e. The van der Waals surface area contributed by atoms with Crippen LogP contribution in [0.15, 0.2) is 23.8 Å². The highest BCUT2D eigenvalue weighted by Gasteiger charge is 2.40. The average Bonchev–Trinajstić information content (AvgIpc) is 3.03. The molecule has 0 saturated heterocycles. The van der Waals surface area contributed by atoms with Crippen molar-refractivity contribution in [3.8, 4) is 0 Å². The van der Waals surface area contributed by atoms with Crippen LogP contribution in [0.4, 0.5) is 26.3 Å². The minimum absolute atomic E-state index is 0.00205. The molecule has 154 valence electrons. The average molecular weight is 409 g/mol. The first-order chi connectivity index (χ1) is 13.1. The van der Waals surface area contributed by atoms with Gasteiger partial charge in [-0.3, -0.25) is 4.79 Å². The normalized spacial score (nSPS) is 23.8. The maximum absolute atomic E-state index is 13.8. The lowest BCUT2D eigenvalue weighted by molar-refractivity contribution is -0.148. The van der Waals surface area contributed by atoms with Crippen LogP contribution in [0.2, 0.25) is 0 Å². The number of carbonyl (C=O) groups excluding carboxylic acids is 1. The lowest BCUT2D eigenvalue weighted by Gasteiger charge is -2.29. The number of alkyl halides is 4. The summed E-state index contributed by atoms with van der Waals surface area (Å²) < 4.78 is 79.5. The molecule has 2 aliphatic rings. The smallest absolute Gasteiger partial charge is 0.333 e. The topological polar surface area (TPSA) is 77.0 Å². The molecule has 0 spiro atoms. The predicted octanol–water partition coefficient (Wildman–Crippen LogP) is 2.42. The van der Waals surface area contributed by atoms with E-state index < -0.39 is 47.7 Å². The lowest BCUT2D eigenvalue weighted by Crippen LogP contribution is -2.42. The second-order valence-corrected chi connectivity index (χ2v) is 6.74. The first kappa shape index (κ1) is 20.4. The van der Waals surface area contributed by atoms with Crippen LogP contribution in [-0.2, 0) is 24.1 Å². The number of hydrogen-bond donors (Lipinski definition) is 1. The third-order valence-corrected chi connectivity index (χ3v) is 4.67. The number of rotatable bonds is 4. The highest BCUT2D eigenvalue weighted by atomic mass is 19.4. The van der Waals surface area contributed by atoms with Gasteiger partial charge in [0.2, 0.25) is 11.7 Å². The minimum atomic E-state index is -4.64. The number of aromatic nitrogens is 3. The van der Waals surface area contributed by atoms with E-state index in [1.165, 1.54) is 4.90 Å². The van der Waals surface area contributed by atoms with Crippen molar-refractivity contribution in [2.45, 2.75) is 44.3 Å². The number of nitrogens with two attached hydrogens (primary N) is 1. The van der Waals surface area contributed by atoms with Crippen LogP contribution in [0, 0.1) is 5.92 Å². The molecule has 0 aromatic carbocycles. The number of halogens is 6. The standard InChI is InChI=1S/C16H17F6N5O/c17-10-6-12(19)11(18)4-8(10)3-9(23)5-14(28)26-1-2-27-13(7-26)24-25-15(27)16(20,21)22/h4,6,8-10H,1-3,5,7,23H2/t8?,9-,10?/m1/s1. The van der Waals surface area contributed by atoms with E-state index in [0.29, 0.717) is 6.08 Å². The van der Waals surface area contributed by atoms with Gasteiger partial charge >= 0.3 is 6.18 Å². The first-order valence-electron chi connectivity index (χ1n) is 8.48. The van der Waals surface area contributed by atoms with Crippen molar-refractivity contribution in [3.63, 3.8) is 0 Å². The maximum atomic E-state index is 13.8. The van der Waals surface area contributed by atoms with Crippen molar-refractivity contribution in [2.75, 3.05) is 6.54 Å². The molecule has 3 rings (SSSR count). The van der Waals surface area contributed by atoms with Crippen LogP contribution in [0.3, 0.4) is 0 Å². The highest BCUT2D eigenvalue weighted by molar-refractivity contribution is 5.76. The van der Waals surface area contributed by atoms with Crippen LogP contribution in [0.5, 0.6) is 0 Å². The Bertz CT molecular complexity index is 817. The third-order valence-electron chi connectivity index (χ3n) is 4.67. The van der Waals surface area contributed by atoms with E-state index in [4.69, 9.17) is 5.73 Å². The Hall–Kier alpha value is -2.37. The highest BCUT2D eigenvalue weighted by Crippen LogP contribution is 2.31. The van der Waals surface area contributed by atoms with Crippen molar-refractivity contribution in [1.29, 1.82) is 0 Å². The molecular formula is C16H17F6N5O. The maximum Gasteiger partial charge on any atom is 0.451 e. The predicted molar refractivity (Wildman–Crippen MR) is 84.4 cm³/mol. The van der Waals surface area contributed by atoms with E-state index in [1.807, 2.05) is 0 Å². The first-order valence-corrected chi connectivity index (χ1v) is 8.48. The van der Waals surface area contributed by atoms with Crippen LogP contribution < -0.4 is 5.73 Å². The summed E-state index contributed by atoms with van der Waals surface area (Å²) in [5.41, 5.74) is 5.85. The molecule has 6 nitrogen and oxygen atoms in total. The van der Waals surface area contributed by atoms with Gasteiger partial charge in [0.15, 0.2) is 17.5 Å². The fourth-order valence-corrected chi connectivity index (χ4v) is 3.27. The van der Waals surface area contributed by atoms with Crippen LogP contribution in [-0.4, -0.2) is 44.3 Å². The van der Waals surface area contributed by atoms with Crippen LogP contribution >= 0.6 is 0 Å². The van der Waals surface area contributed by atoms with Crippen molar-refractivity contribution >= 4 is 5.91 Å². The van der Waals surface area contributed by atoms with E-state index in [2.05, 4.69) is 10.2 Å². The molecule has 1 amide bonds. The van der Waals surface area contributed by atoms with Gasteiger partial charge in [-0.15, -0.1) is 10.2 Å². The van der Waals surface area contributed by atoms with Gasteiger partial charge in [-0.2, -0.15) is 13.2 Å². The molecule has 3 atom stereocenters. The zero-order valence-corrected chi connectivity index (χ0v) is 14.5. The fourth-order valence-electron chi connectivity index (χ4n) is 3.27. The van der Waals surface area contributed by atoms with Crippen molar-refractivity contribution in [1.82, 2.24) is 19.7 Å². The molecule has 2 heterocycles. The SMILES string of the molecule is N[C@@H](CC(=O)N1CCn2c(nnc2C(F)(F)F)C1)CC1C=C(F)C(F)=CC1F. The molecule has 2 N–H and O–H groups in total. The van der Waals surface area contributed by atoms with Gasteiger partial charge in [0.25, 0.3) is 0 Å². The summed E-state index contributed by atoms with van der Waals surface area (Å²) in [6.07, 6.45) is -5.39. The van der Waals surface area contributed by atoms with Gasteiger partial charge in [0.05, 0.1) is 6.54 Å². The summed E-state index contributed by atoms with van der Waals surface area (Å²) in [6, 6.07) is -0.833. The zero-order chi connectivity index (χ0) is 20.6. The quantitative estimate of drug-likeness (QED) is 0.775. The number of hydrogen-bond acceptors (Lipinski definition) is 4. The molecule has 1 aliphatic carbocycles. The summed E-state index contributed by atoms with van der Waals surface area (Å²) >= 11 is 0. The Kier molecular flexibility index (Phi) is 5.50. The second-order valence-electron chi connectivity index (χ2n) is 6.74. The molecule has 28 heavy (non-hydrogen) atoms. The third kappa shape index (κ3) is 4.21. The minimum Gasteiger partial charge on any atom is -0.333 e. The summed E-state index contributed by atoms with van der Waals surface area (Å²) in [7, 11) is 0. The Morgan fingerprint density at radius 1 is 1.21 bits per heavy atom. The molecule has 1 aromatic heterocycles. The fraction of sp³-hybridized carbons (Fsp3) is 0.562. The monoisotopic (exact) mass is 409 g/mol. The van der Waals surface area contributed by atoms with Gasteiger partial charge in [0, 0.05) is 31.5 Å². The molecule has 0 saturated carbocycles. The summed E-state index contributed by atoms with van der Waals surface area (Å²) in [5.74, 6) is -5.01. The summed E-state index contributed by atoms with van der Waals surface area (Å²) in [6.45, 7) is -0.269. The van der Waals surface area contributed by atoms with E-state index in [-0.39, 0.29) is 38.3 Å². The molecular weight excluding hydrogens is 392 g/mol. The summed E-state index contributed by atoms with van der Waals surface area (Å²) in [4.78, 5) is 13.7. The second kappa shape index (κ2) is 7.57. The summed E-state index contributed by atoms with van der Waals surface area (Å²) in [5, 5.41) is 6.61. The van der Waals surface area contributed by atoms with Gasteiger partial charge in [0.1, 0.15) is 6.17 Å². The van der Waals surface area contributed by atoms with Crippen LogP contribution in [0.25, 0.3) is 0 Å². The Labute approximate surface area is 155 Å². The lowest BCUT2D eigenvalue weighted by atomic mass is 9.90. The number of amides is 1. The molecule has 0 bridgehead atoms. The van der Waals surface area contributed by atoms with Crippen molar-refractivity contribution < 1.29 is 31.1 Å². The van der Waals surface area contributed by atoms with Crippen molar-refractivity contribution in [2.24, 2.45) is 11.7 Å². The molecule has 12 heteroatoms. The van der Waals surface area contributed by atoms with Gasteiger partial charge in [-0.05, 0) is 18.6 Å². The van der Waals surface area contributed by atoms with Gasteiger partial charge < -0.3 is 15.2 Å². The molecule has 1 aliphatic heterocycles. The number of carbonyl (C=O) groups is 1. The Morgan fingerprint density at radius 3 is 2.57 bits per heavy atom. The number of fused-ring (bicyclic) bond motifs is 1. The van der Waals surface area contributed by atoms with E-state index in [0.717, 1.165) is 10.6 Å². The molecule has 1 aromatic rings. The molecule has 2 unspecified atom stereocenters. The molecule has 0 fully saturated rings. The van der Waals surface area contributed by atoms with Gasteiger partial charge in [-0.25, -0.2) is 13.2 Å².